The molecule has 2 fully saturated rings. The van der Waals surface area contributed by atoms with E-state index in [1.807, 2.05) is 42.5 Å². The Kier molecular flexibility index (Phi) is 8.82. The number of amides is 2. The van der Waals surface area contributed by atoms with Gasteiger partial charge in [-0.3, -0.25) is 9.59 Å². The Morgan fingerprint density at radius 3 is 2.17 bits per heavy atom. The van der Waals surface area contributed by atoms with Gasteiger partial charge in [0.15, 0.2) is 0 Å². The van der Waals surface area contributed by atoms with Crippen LogP contribution in [0.4, 0.5) is 4.39 Å². The number of rotatable bonds is 10. The molecule has 0 radical (unpaired) electrons. The third-order valence-corrected chi connectivity index (χ3v) is 9.11. The van der Waals surface area contributed by atoms with Gasteiger partial charge in [0.2, 0.25) is 15.9 Å². The lowest BCUT2D eigenvalue weighted by atomic mass is 10.0. The number of piperazine rings is 1. The summed E-state index contributed by atoms with van der Waals surface area (Å²) < 4.78 is 38.5. The minimum atomic E-state index is -3.33. The van der Waals surface area contributed by atoms with Crippen molar-refractivity contribution >= 4 is 21.8 Å². The van der Waals surface area contributed by atoms with Crippen molar-refractivity contribution < 1.29 is 22.4 Å². The van der Waals surface area contributed by atoms with Gasteiger partial charge in [0.1, 0.15) is 11.9 Å². The van der Waals surface area contributed by atoms with E-state index in [1.54, 1.807) is 29.2 Å². The van der Waals surface area contributed by atoms with Crippen molar-refractivity contribution in [2.75, 3.05) is 39.0 Å². The van der Waals surface area contributed by atoms with Crippen molar-refractivity contribution in [1.82, 2.24) is 19.8 Å². The van der Waals surface area contributed by atoms with Crippen molar-refractivity contribution in [1.29, 1.82) is 0 Å². The van der Waals surface area contributed by atoms with E-state index < -0.39 is 16.1 Å². The number of carbonyl (C=O) groups excluding carboxylic acids is 2. The molecule has 0 bridgehead atoms. The van der Waals surface area contributed by atoms with Crippen molar-refractivity contribution in [3.63, 3.8) is 0 Å². The van der Waals surface area contributed by atoms with E-state index >= 15 is 0 Å². The van der Waals surface area contributed by atoms with Crippen LogP contribution in [0.2, 0.25) is 0 Å². The summed E-state index contributed by atoms with van der Waals surface area (Å²) >= 11 is 0. The summed E-state index contributed by atoms with van der Waals surface area (Å²) in [7, 11) is -3.33. The summed E-state index contributed by atoms with van der Waals surface area (Å²) in [6.45, 7) is 1.51. The van der Waals surface area contributed by atoms with Crippen LogP contribution in [0.1, 0.15) is 34.7 Å². The highest BCUT2D eigenvalue weighted by atomic mass is 32.2. The number of halogens is 1. The zero-order valence-electron chi connectivity index (χ0n) is 23.0. The van der Waals surface area contributed by atoms with Gasteiger partial charge in [0.05, 0.1) is 6.26 Å². The van der Waals surface area contributed by atoms with E-state index in [0.717, 1.165) is 23.1 Å². The molecule has 1 aliphatic heterocycles. The molecule has 2 N–H and O–H groups in total. The van der Waals surface area contributed by atoms with E-state index in [0.29, 0.717) is 24.4 Å². The van der Waals surface area contributed by atoms with Crippen LogP contribution in [-0.4, -0.2) is 80.5 Å². The number of sulfonamides is 1. The first-order valence-corrected chi connectivity index (χ1v) is 15.7. The Hall–Kier alpha value is -3.60. The number of benzene rings is 3. The lowest BCUT2D eigenvalue weighted by Gasteiger charge is -2.35. The first-order chi connectivity index (χ1) is 19.7. The second-order valence-corrected chi connectivity index (χ2v) is 12.7. The van der Waals surface area contributed by atoms with Gasteiger partial charge >= 0.3 is 0 Å². The number of nitrogens with zero attached hydrogens (tertiary/aromatic N) is 2. The fraction of sp³-hybridized carbons (Fsp3) is 0.355. The van der Waals surface area contributed by atoms with Crippen LogP contribution in [0.25, 0.3) is 11.1 Å². The zero-order chi connectivity index (χ0) is 29.0. The second kappa shape index (κ2) is 12.5. The van der Waals surface area contributed by atoms with Crippen molar-refractivity contribution in [2.45, 2.75) is 30.8 Å². The topological polar surface area (TPSA) is 98.8 Å². The quantitative estimate of drug-likeness (QED) is 0.385. The van der Waals surface area contributed by atoms with Gasteiger partial charge in [-0.05, 0) is 60.3 Å². The summed E-state index contributed by atoms with van der Waals surface area (Å²) in [5.74, 6) is -0.525. The molecule has 0 unspecified atom stereocenters. The summed E-state index contributed by atoms with van der Waals surface area (Å²) in [5.41, 5.74) is 3.57. The monoisotopic (exact) mass is 578 g/mol. The highest BCUT2D eigenvalue weighted by Gasteiger charge is 2.38. The third kappa shape index (κ3) is 7.38. The highest BCUT2D eigenvalue weighted by molar-refractivity contribution is 7.88. The van der Waals surface area contributed by atoms with E-state index in [2.05, 4.69) is 10.6 Å². The molecular weight excluding hydrogens is 543 g/mol. The first kappa shape index (κ1) is 28.9. The van der Waals surface area contributed by atoms with Gasteiger partial charge < -0.3 is 15.5 Å². The molecule has 216 valence electrons. The van der Waals surface area contributed by atoms with Crippen LogP contribution in [0.15, 0.2) is 78.9 Å². The molecule has 41 heavy (non-hydrogen) atoms. The molecule has 2 amide bonds. The Morgan fingerprint density at radius 1 is 0.902 bits per heavy atom. The van der Waals surface area contributed by atoms with Crippen LogP contribution in [0, 0.1) is 5.82 Å². The summed E-state index contributed by atoms with van der Waals surface area (Å²) in [5, 5.41) is 6.40. The smallest absolute Gasteiger partial charge is 0.251 e. The molecule has 3 aromatic rings. The summed E-state index contributed by atoms with van der Waals surface area (Å²) in [6.07, 6.45) is 2.47. The van der Waals surface area contributed by atoms with Crippen molar-refractivity contribution in [2.24, 2.45) is 0 Å². The van der Waals surface area contributed by atoms with Gasteiger partial charge in [-0.1, -0.05) is 54.6 Å². The fourth-order valence-electron chi connectivity index (χ4n) is 5.32. The number of nitrogens with one attached hydrogen (secondary N) is 2. The maximum absolute atomic E-state index is 13.5. The molecule has 8 nitrogen and oxygen atoms in total. The van der Waals surface area contributed by atoms with Crippen molar-refractivity contribution in [3.8, 4) is 11.1 Å². The first-order valence-electron chi connectivity index (χ1n) is 13.9. The van der Waals surface area contributed by atoms with Crippen LogP contribution in [0.5, 0.6) is 0 Å². The number of hydrogen-bond acceptors (Lipinski definition) is 5. The number of carbonyl (C=O) groups is 2. The lowest BCUT2D eigenvalue weighted by Crippen LogP contribution is -2.56. The van der Waals surface area contributed by atoms with E-state index in [4.69, 9.17) is 0 Å². The summed E-state index contributed by atoms with van der Waals surface area (Å²) in [6, 6.07) is 23.1. The van der Waals surface area contributed by atoms with Gasteiger partial charge in [0, 0.05) is 43.7 Å². The third-order valence-electron chi connectivity index (χ3n) is 7.81. The SMILES string of the molecule is CS(=O)(=O)N1CCN(C(=O)[C@H](CCN[C@@H]2C[C@H]2c2ccc(F)cc2)NC(=O)c2ccc(-c3ccccc3)cc2)CC1. The zero-order valence-corrected chi connectivity index (χ0v) is 23.8. The number of hydrogen-bond donors (Lipinski definition) is 2. The normalized spacial score (nSPS) is 19.9. The minimum absolute atomic E-state index is 0.222. The predicted octanol–water partition coefficient (Wildman–Crippen LogP) is 3.23. The lowest BCUT2D eigenvalue weighted by molar-refractivity contribution is -0.134. The van der Waals surface area contributed by atoms with E-state index in [1.165, 1.54) is 22.7 Å². The molecule has 1 aliphatic carbocycles. The standard InChI is InChI=1S/C31H35FN4O4S/c1-41(39,40)36-19-17-35(18-20-36)31(38)28(15-16-33-29-21-27(29)24-11-13-26(32)14-12-24)34-30(37)25-9-7-23(8-10-25)22-5-3-2-4-6-22/h2-14,27-29,33H,15-21H2,1H3,(H,34,37)/t27-,28-,29+/m0/s1. The second-order valence-electron chi connectivity index (χ2n) is 10.7. The average Bonchev–Trinajstić information content (AvgIpc) is 3.76. The molecule has 10 heteroatoms. The van der Waals surface area contributed by atoms with Gasteiger partial charge in [-0.15, -0.1) is 0 Å². The predicted molar refractivity (Wildman–Crippen MR) is 156 cm³/mol. The maximum atomic E-state index is 13.5. The van der Waals surface area contributed by atoms with Gasteiger partial charge in [0.25, 0.3) is 5.91 Å². The van der Waals surface area contributed by atoms with E-state index in [9.17, 15) is 22.4 Å². The Balaban J connectivity index is 1.22. The molecule has 0 spiro atoms. The molecule has 3 atom stereocenters. The molecule has 1 saturated carbocycles. The minimum Gasteiger partial charge on any atom is -0.340 e. The highest BCUT2D eigenvalue weighted by Crippen LogP contribution is 2.40. The maximum Gasteiger partial charge on any atom is 0.251 e. The molecule has 1 saturated heterocycles. The van der Waals surface area contributed by atoms with Crippen LogP contribution < -0.4 is 10.6 Å². The van der Waals surface area contributed by atoms with E-state index in [-0.39, 0.29) is 49.9 Å². The van der Waals surface area contributed by atoms with Crippen LogP contribution in [0.3, 0.4) is 0 Å². The van der Waals surface area contributed by atoms with Crippen LogP contribution >= 0.6 is 0 Å². The average molecular weight is 579 g/mol. The molecule has 2 aliphatic rings. The van der Waals surface area contributed by atoms with Crippen LogP contribution in [-0.2, 0) is 14.8 Å². The Morgan fingerprint density at radius 2 is 1.54 bits per heavy atom. The van der Waals surface area contributed by atoms with Crippen molar-refractivity contribution in [3.05, 3.63) is 95.8 Å². The molecule has 5 rings (SSSR count). The molecule has 0 aromatic heterocycles. The van der Waals surface area contributed by atoms with Gasteiger partial charge in [-0.25, -0.2) is 12.8 Å². The Labute approximate surface area is 240 Å². The largest absolute Gasteiger partial charge is 0.340 e. The van der Waals surface area contributed by atoms with Gasteiger partial charge in [-0.2, -0.15) is 4.31 Å². The Bertz CT molecular complexity index is 1460. The summed E-state index contributed by atoms with van der Waals surface area (Å²) in [4.78, 5) is 28.4. The molecular formula is C31H35FN4O4S. The molecule has 1 heterocycles. The molecule has 3 aromatic carbocycles. The fourth-order valence-corrected chi connectivity index (χ4v) is 6.14.